The maximum Gasteiger partial charge on any atom is 0.292 e. The van der Waals surface area contributed by atoms with Crippen molar-refractivity contribution in [3.63, 3.8) is 0 Å². The summed E-state index contributed by atoms with van der Waals surface area (Å²) in [6.07, 6.45) is 3.36. The number of nitro groups is 1. The summed E-state index contributed by atoms with van der Waals surface area (Å²) in [7, 11) is 0. The van der Waals surface area contributed by atoms with Crippen LogP contribution in [0.1, 0.15) is 29.5 Å². The molecule has 2 heterocycles. The van der Waals surface area contributed by atoms with E-state index in [-0.39, 0.29) is 10.6 Å². The van der Waals surface area contributed by atoms with Gasteiger partial charge in [0.15, 0.2) is 0 Å². The number of hydrogen-bond acceptors (Lipinski definition) is 5. The zero-order chi connectivity index (χ0) is 17.9. The Balaban J connectivity index is 1.56. The molecule has 0 aliphatic carbocycles. The summed E-state index contributed by atoms with van der Waals surface area (Å²) in [6, 6.07) is 11.8. The Morgan fingerprint density at radius 1 is 1.12 bits per heavy atom. The van der Waals surface area contributed by atoms with Crippen LogP contribution in [0.3, 0.4) is 0 Å². The summed E-state index contributed by atoms with van der Waals surface area (Å²) in [5.74, 6) is 0. The number of rotatable bonds is 6. The Morgan fingerprint density at radius 2 is 1.88 bits per heavy atom. The van der Waals surface area contributed by atoms with Gasteiger partial charge in [-0.2, -0.15) is 0 Å². The lowest BCUT2D eigenvalue weighted by Gasteiger charge is -2.18. The maximum atomic E-state index is 11.5. The van der Waals surface area contributed by atoms with Crippen LogP contribution in [0.2, 0.25) is 0 Å². The first-order valence-corrected chi connectivity index (χ1v) is 9.29. The fourth-order valence-corrected chi connectivity index (χ4v) is 3.98. The molecule has 0 atom stereocenters. The average molecular weight is 352 g/mol. The van der Waals surface area contributed by atoms with Gasteiger partial charge in [-0.25, -0.2) is 0 Å². The first-order valence-electron chi connectivity index (χ1n) is 9.29. The standard InChI is InChI=1S/C20H24N4O2/c25-24(26)19-8-7-18-17(9-10-21-18)20(19)22-13-15-5-1-2-6-16(15)14-23-11-3-4-12-23/h1-2,5-8,21-22H,3-4,9-14H2. The molecule has 0 saturated carbocycles. The molecule has 0 spiro atoms. The molecule has 2 aromatic rings. The maximum absolute atomic E-state index is 11.5. The Labute approximate surface area is 153 Å². The highest BCUT2D eigenvalue weighted by Gasteiger charge is 2.23. The van der Waals surface area contributed by atoms with E-state index in [1.807, 2.05) is 12.1 Å². The van der Waals surface area contributed by atoms with Crippen LogP contribution < -0.4 is 10.6 Å². The predicted molar refractivity (Wildman–Crippen MR) is 104 cm³/mol. The molecule has 2 aromatic carbocycles. The van der Waals surface area contributed by atoms with E-state index in [1.165, 1.54) is 24.0 Å². The van der Waals surface area contributed by atoms with E-state index in [9.17, 15) is 10.1 Å². The molecule has 0 amide bonds. The fraction of sp³-hybridized carbons (Fsp3) is 0.400. The molecule has 4 rings (SSSR count). The minimum atomic E-state index is -0.295. The molecule has 2 aliphatic heterocycles. The first-order chi connectivity index (χ1) is 12.7. The highest BCUT2D eigenvalue weighted by atomic mass is 16.6. The molecule has 0 aromatic heterocycles. The lowest BCUT2D eigenvalue weighted by atomic mass is 10.1. The Morgan fingerprint density at radius 3 is 2.65 bits per heavy atom. The van der Waals surface area contributed by atoms with Crippen LogP contribution in [0.4, 0.5) is 17.1 Å². The number of hydrogen-bond donors (Lipinski definition) is 2. The lowest BCUT2D eigenvalue weighted by Crippen LogP contribution is -2.19. The minimum absolute atomic E-state index is 0.157. The number of nitrogens with zero attached hydrogens (tertiary/aromatic N) is 2. The second-order valence-corrected chi connectivity index (χ2v) is 7.03. The van der Waals surface area contributed by atoms with Crippen LogP contribution in [-0.4, -0.2) is 29.5 Å². The molecule has 2 N–H and O–H groups in total. The molecule has 0 bridgehead atoms. The number of anilines is 2. The molecular weight excluding hydrogens is 328 g/mol. The van der Waals surface area contributed by atoms with Crippen LogP contribution >= 0.6 is 0 Å². The highest BCUT2D eigenvalue weighted by Crippen LogP contribution is 2.37. The van der Waals surface area contributed by atoms with Gasteiger partial charge in [0.1, 0.15) is 5.69 Å². The molecule has 6 heteroatoms. The average Bonchev–Trinajstić information content (AvgIpc) is 3.32. The van der Waals surface area contributed by atoms with Gasteiger partial charge < -0.3 is 10.6 Å². The van der Waals surface area contributed by atoms with Crippen molar-refractivity contribution >= 4 is 17.1 Å². The SMILES string of the molecule is O=[N+]([O-])c1ccc2c(c1NCc1ccccc1CN1CCCC1)CCN2. The number of nitrogens with one attached hydrogen (secondary N) is 2. The van der Waals surface area contributed by atoms with E-state index in [0.717, 1.165) is 43.9 Å². The largest absolute Gasteiger partial charge is 0.384 e. The van der Waals surface area contributed by atoms with Crippen molar-refractivity contribution in [2.75, 3.05) is 30.3 Å². The van der Waals surface area contributed by atoms with Crippen molar-refractivity contribution in [3.8, 4) is 0 Å². The van der Waals surface area contributed by atoms with Crippen LogP contribution in [0.25, 0.3) is 0 Å². The lowest BCUT2D eigenvalue weighted by molar-refractivity contribution is -0.384. The molecule has 6 nitrogen and oxygen atoms in total. The number of fused-ring (bicyclic) bond motifs is 1. The van der Waals surface area contributed by atoms with E-state index in [0.29, 0.717) is 12.2 Å². The third-order valence-corrected chi connectivity index (χ3v) is 5.34. The summed E-state index contributed by atoms with van der Waals surface area (Å²) in [4.78, 5) is 13.7. The first kappa shape index (κ1) is 16.8. The molecule has 1 fully saturated rings. The van der Waals surface area contributed by atoms with E-state index in [1.54, 1.807) is 6.07 Å². The van der Waals surface area contributed by atoms with Gasteiger partial charge in [-0.15, -0.1) is 0 Å². The minimum Gasteiger partial charge on any atom is -0.384 e. The number of likely N-dealkylation sites (tertiary alicyclic amines) is 1. The normalized spacial score (nSPS) is 16.3. The molecule has 136 valence electrons. The van der Waals surface area contributed by atoms with Crippen molar-refractivity contribution in [2.24, 2.45) is 0 Å². The van der Waals surface area contributed by atoms with Crippen molar-refractivity contribution < 1.29 is 4.92 Å². The number of benzene rings is 2. The molecule has 1 saturated heterocycles. The molecular formula is C20H24N4O2. The molecule has 26 heavy (non-hydrogen) atoms. The van der Waals surface area contributed by atoms with Crippen LogP contribution in [0, 0.1) is 10.1 Å². The Bertz CT molecular complexity index is 815. The third kappa shape index (κ3) is 3.37. The van der Waals surface area contributed by atoms with E-state index in [4.69, 9.17) is 0 Å². The van der Waals surface area contributed by atoms with Gasteiger partial charge in [0.2, 0.25) is 0 Å². The topological polar surface area (TPSA) is 70.4 Å². The summed E-state index contributed by atoms with van der Waals surface area (Å²) in [6.45, 7) is 4.70. The van der Waals surface area contributed by atoms with E-state index >= 15 is 0 Å². The summed E-state index contributed by atoms with van der Waals surface area (Å²) in [5.41, 5.74) is 5.35. The zero-order valence-electron chi connectivity index (χ0n) is 14.8. The van der Waals surface area contributed by atoms with Gasteiger partial charge in [-0.1, -0.05) is 24.3 Å². The van der Waals surface area contributed by atoms with Crippen LogP contribution in [0.5, 0.6) is 0 Å². The van der Waals surface area contributed by atoms with Gasteiger partial charge in [0, 0.05) is 37.0 Å². The Kier molecular flexibility index (Phi) is 4.75. The van der Waals surface area contributed by atoms with E-state index < -0.39 is 0 Å². The molecule has 2 aliphatic rings. The predicted octanol–water partition coefficient (Wildman–Crippen LogP) is 3.77. The number of nitro benzene ring substituents is 1. The quantitative estimate of drug-likeness (QED) is 0.612. The van der Waals surface area contributed by atoms with Gasteiger partial charge in [0.05, 0.1) is 4.92 Å². The Hall–Kier alpha value is -2.60. The van der Waals surface area contributed by atoms with E-state index in [2.05, 4.69) is 33.7 Å². The summed E-state index contributed by atoms with van der Waals surface area (Å²) in [5, 5.41) is 18.1. The second kappa shape index (κ2) is 7.33. The second-order valence-electron chi connectivity index (χ2n) is 7.03. The zero-order valence-corrected chi connectivity index (χ0v) is 14.8. The van der Waals surface area contributed by atoms with Crippen molar-refractivity contribution in [1.82, 2.24) is 4.90 Å². The molecule has 0 unspecified atom stereocenters. The van der Waals surface area contributed by atoms with Crippen LogP contribution in [-0.2, 0) is 19.5 Å². The monoisotopic (exact) mass is 352 g/mol. The van der Waals surface area contributed by atoms with Crippen molar-refractivity contribution in [2.45, 2.75) is 32.4 Å². The highest BCUT2D eigenvalue weighted by molar-refractivity contribution is 5.77. The van der Waals surface area contributed by atoms with Gasteiger partial charge in [-0.05, 0) is 49.5 Å². The van der Waals surface area contributed by atoms with Crippen molar-refractivity contribution in [3.05, 3.63) is 63.2 Å². The fourth-order valence-electron chi connectivity index (χ4n) is 3.98. The van der Waals surface area contributed by atoms with Gasteiger partial charge in [-0.3, -0.25) is 15.0 Å². The smallest absolute Gasteiger partial charge is 0.292 e. The van der Waals surface area contributed by atoms with Crippen molar-refractivity contribution in [1.29, 1.82) is 0 Å². The third-order valence-electron chi connectivity index (χ3n) is 5.34. The van der Waals surface area contributed by atoms with Crippen LogP contribution in [0.15, 0.2) is 36.4 Å². The summed E-state index contributed by atoms with van der Waals surface area (Å²) < 4.78 is 0. The molecule has 0 radical (unpaired) electrons. The summed E-state index contributed by atoms with van der Waals surface area (Å²) >= 11 is 0. The van der Waals surface area contributed by atoms with Gasteiger partial charge in [0.25, 0.3) is 5.69 Å². The van der Waals surface area contributed by atoms with Gasteiger partial charge >= 0.3 is 0 Å².